The molecule has 2 aromatic heterocycles. The highest BCUT2D eigenvalue weighted by atomic mass is 79.9. The lowest BCUT2D eigenvalue weighted by atomic mass is 10.2. The minimum atomic E-state index is 0.854. The fraction of sp³-hybridized carbons (Fsp3) is 0.385. The molecule has 2 aromatic rings. The van der Waals surface area contributed by atoms with Crippen LogP contribution in [0, 0.1) is 6.92 Å². The first-order valence-corrected chi connectivity index (χ1v) is 6.62. The van der Waals surface area contributed by atoms with Crippen LogP contribution >= 0.6 is 15.9 Å². The second-order valence-corrected chi connectivity index (χ2v) is 5.30. The first-order chi connectivity index (χ1) is 8.58. The van der Waals surface area contributed by atoms with Gasteiger partial charge < -0.3 is 0 Å². The zero-order chi connectivity index (χ0) is 13.1. The number of rotatable bonds is 4. The van der Waals surface area contributed by atoms with E-state index >= 15 is 0 Å². The van der Waals surface area contributed by atoms with Crippen LogP contribution in [0.15, 0.2) is 29.0 Å². The van der Waals surface area contributed by atoms with Gasteiger partial charge in [0.1, 0.15) is 0 Å². The Kier molecular flexibility index (Phi) is 4.14. The van der Waals surface area contributed by atoms with Crippen LogP contribution in [-0.4, -0.2) is 26.7 Å². The lowest BCUT2D eigenvalue weighted by Crippen LogP contribution is -2.19. The van der Waals surface area contributed by atoms with E-state index in [0.29, 0.717) is 0 Å². The van der Waals surface area contributed by atoms with Gasteiger partial charge in [-0.15, -0.1) is 0 Å². The third kappa shape index (κ3) is 2.97. The highest BCUT2D eigenvalue weighted by molar-refractivity contribution is 9.10. The molecule has 0 saturated heterocycles. The van der Waals surface area contributed by atoms with Gasteiger partial charge in [-0.2, -0.15) is 5.10 Å². The molecule has 0 aromatic carbocycles. The maximum atomic E-state index is 4.40. The molecule has 0 saturated carbocycles. The molecule has 0 unspecified atom stereocenters. The number of aryl methyl sites for hydroxylation is 2. The summed E-state index contributed by atoms with van der Waals surface area (Å²) in [5.41, 5.74) is 3.44. The topological polar surface area (TPSA) is 34.0 Å². The lowest BCUT2D eigenvalue weighted by molar-refractivity contribution is 0.308. The van der Waals surface area contributed by atoms with E-state index in [2.05, 4.69) is 44.0 Å². The van der Waals surface area contributed by atoms with E-state index in [9.17, 15) is 0 Å². The summed E-state index contributed by atoms with van der Waals surface area (Å²) in [7, 11) is 4.08. The van der Waals surface area contributed by atoms with E-state index in [1.807, 2.05) is 30.9 Å². The maximum Gasteiger partial charge on any atom is 0.0739 e. The quantitative estimate of drug-likeness (QED) is 0.870. The van der Waals surface area contributed by atoms with E-state index in [1.54, 1.807) is 6.20 Å². The normalized spacial score (nSPS) is 11.2. The van der Waals surface area contributed by atoms with Crippen molar-refractivity contribution < 1.29 is 0 Å². The van der Waals surface area contributed by atoms with Crippen molar-refractivity contribution in [2.45, 2.75) is 20.0 Å². The van der Waals surface area contributed by atoms with Gasteiger partial charge in [0.2, 0.25) is 0 Å². The van der Waals surface area contributed by atoms with E-state index in [1.165, 1.54) is 11.3 Å². The Morgan fingerprint density at radius 2 is 2.17 bits per heavy atom. The van der Waals surface area contributed by atoms with Crippen LogP contribution in [0.25, 0.3) is 0 Å². The van der Waals surface area contributed by atoms with Crippen molar-refractivity contribution in [2.24, 2.45) is 7.05 Å². The average molecular weight is 309 g/mol. The lowest BCUT2D eigenvalue weighted by Gasteiger charge is -2.16. The predicted octanol–water partition coefficient (Wildman–Crippen LogP) is 2.52. The van der Waals surface area contributed by atoms with Crippen LogP contribution in [0.5, 0.6) is 0 Å². The van der Waals surface area contributed by atoms with Crippen molar-refractivity contribution in [1.29, 1.82) is 0 Å². The first kappa shape index (κ1) is 13.2. The summed E-state index contributed by atoms with van der Waals surface area (Å²) >= 11 is 3.59. The van der Waals surface area contributed by atoms with E-state index in [0.717, 1.165) is 23.3 Å². The third-order valence-corrected chi connectivity index (χ3v) is 3.89. The van der Waals surface area contributed by atoms with Crippen LogP contribution in [0.3, 0.4) is 0 Å². The highest BCUT2D eigenvalue weighted by Crippen LogP contribution is 2.21. The smallest absolute Gasteiger partial charge is 0.0739 e. The third-order valence-electron chi connectivity index (χ3n) is 2.86. The first-order valence-electron chi connectivity index (χ1n) is 5.83. The molecule has 0 aliphatic rings. The molecule has 0 radical (unpaired) electrons. The van der Waals surface area contributed by atoms with Crippen LogP contribution < -0.4 is 0 Å². The van der Waals surface area contributed by atoms with Crippen LogP contribution in [0.2, 0.25) is 0 Å². The molecule has 0 spiro atoms. The fourth-order valence-corrected chi connectivity index (χ4v) is 2.43. The molecule has 18 heavy (non-hydrogen) atoms. The van der Waals surface area contributed by atoms with Gasteiger partial charge >= 0.3 is 0 Å². The van der Waals surface area contributed by atoms with Crippen LogP contribution in [0.4, 0.5) is 0 Å². The summed E-state index contributed by atoms with van der Waals surface area (Å²) in [6.45, 7) is 3.74. The van der Waals surface area contributed by atoms with Gasteiger partial charge in [-0.3, -0.25) is 14.6 Å². The zero-order valence-electron chi connectivity index (χ0n) is 10.9. The van der Waals surface area contributed by atoms with E-state index in [4.69, 9.17) is 0 Å². The molecule has 0 aliphatic heterocycles. The number of hydrogen-bond donors (Lipinski definition) is 0. The van der Waals surface area contributed by atoms with Gasteiger partial charge in [-0.25, -0.2) is 0 Å². The molecular weight excluding hydrogens is 292 g/mol. The van der Waals surface area contributed by atoms with Gasteiger partial charge in [-0.05, 0) is 41.5 Å². The van der Waals surface area contributed by atoms with Crippen LogP contribution in [-0.2, 0) is 20.1 Å². The van der Waals surface area contributed by atoms with Crippen molar-refractivity contribution >= 4 is 15.9 Å². The highest BCUT2D eigenvalue weighted by Gasteiger charge is 2.12. The molecule has 4 nitrogen and oxygen atoms in total. The van der Waals surface area contributed by atoms with Crippen molar-refractivity contribution in [3.8, 4) is 0 Å². The van der Waals surface area contributed by atoms with Crippen LogP contribution in [0.1, 0.15) is 17.0 Å². The molecule has 0 N–H and O–H groups in total. The van der Waals surface area contributed by atoms with E-state index < -0.39 is 0 Å². The summed E-state index contributed by atoms with van der Waals surface area (Å²) < 4.78 is 3.03. The predicted molar refractivity (Wildman–Crippen MR) is 75.1 cm³/mol. The molecule has 0 amide bonds. The van der Waals surface area contributed by atoms with Gasteiger partial charge in [0.15, 0.2) is 0 Å². The molecule has 5 heteroatoms. The summed E-state index contributed by atoms with van der Waals surface area (Å²) in [5, 5.41) is 4.40. The number of halogens is 1. The van der Waals surface area contributed by atoms with Gasteiger partial charge in [0, 0.05) is 32.5 Å². The fourth-order valence-electron chi connectivity index (χ4n) is 1.97. The Labute approximate surface area is 116 Å². The minimum absolute atomic E-state index is 0.854. The summed E-state index contributed by atoms with van der Waals surface area (Å²) in [6, 6.07) is 4.06. The van der Waals surface area contributed by atoms with Crippen molar-refractivity contribution in [2.75, 3.05) is 7.05 Å². The van der Waals surface area contributed by atoms with Gasteiger partial charge in [0.25, 0.3) is 0 Å². The standard InChI is InChI=1S/C13H17BrN4/c1-10-13(14)12(18(3)16-10)9-17(2)8-11-5-4-6-15-7-11/h4-7H,8-9H2,1-3H3. The molecule has 0 fully saturated rings. The monoisotopic (exact) mass is 308 g/mol. The molecule has 2 rings (SSSR count). The minimum Gasteiger partial charge on any atom is -0.296 e. The van der Waals surface area contributed by atoms with Crippen molar-refractivity contribution in [1.82, 2.24) is 19.7 Å². The Bertz CT molecular complexity index is 521. The number of pyridine rings is 1. The number of aromatic nitrogens is 3. The number of hydrogen-bond acceptors (Lipinski definition) is 3. The molecule has 0 atom stereocenters. The van der Waals surface area contributed by atoms with Gasteiger partial charge in [-0.1, -0.05) is 6.07 Å². The maximum absolute atomic E-state index is 4.40. The van der Waals surface area contributed by atoms with Gasteiger partial charge in [0.05, 0.1) is 15.9 Å². The molecule has 96 valence electrons. The zero-order valence-corrected chi connectivity index (χ0v) is 12.5. The second-order valence-electron chi connectivity index (χ2n) is 4.50. The van der Waals surface area contributed by atoms with E-state index in [-0.39, 0.29) is 0 Å². The Morgan fingerprint density at radius 1 is 1.39 bits per heavy atom. The number of nitrogens with zero attached hydrogens (tertiary/aromatic N) is 4. The second kappa shape index (κ2) is 5.63. The molecule has 0 bridgehead atoms. The Hall–Kier alpha value is -1.20. The molecule has 0 aliphatic carbocycles. The average Bonchev–Trinajstić information content (AvgIpc) is 2.57. The molecular formula is C13H17BrN4. The summed E-state index contributed by atoms with van der Waals surface area (Å²) in [6.07, 6.45) is 3.70. The Balaban J connectivity index is 2.05. The Morgan fingerprint density at radius 3 is 2.72 bits per heavy atom. The van der Waals surface area contributed by atoms with Crippen molar-refractivity contribution in [3.05, 3.63) is 46.0 Å². The van der Waals surface area contributed by atoms with Crippen molar-refractivity contribution in [3.63, 3.8) is 0 Å². The SMILES string of the molecule is Cc1nn(C)c(CN(C)Cc2cccnc2)c1Br. The largest absolute Gasteiger partial charge is 0.296 e. The summed E-state index contributed by atoms with van der Waals surface area (Å²) in [5.74, 6) is 0. The molecule has 2 heterocycles. The summed E-state index contributed by atoms with van der Waals surface area (Å²) in [4.78, 5) is 6.38.